The molecule has 2 N–H and O–H groups in total. The van der Waals surface area contributed by atoms with E-state index in [1.807, 2.05) is 10.6 Å². The van der Waals surface area contributed by atoms with Crippen molar-refractivity contribution >= 4 is 27.3 Å². The van der Waals surface area contributed by atoms with E-state index in [-0.39, 0.29) is 52.6 Å². The Morgan fingerprint density at radius 3 is 2.72 bits per heavy atom. The molecule has 0 saturated carbocycles. The van der Waals surface area contributed by atoms with Gasteiger partial charge in [0.05, 0.1) is 17.4 Å². The van der Waals surface area contributed by atoms with Crippen LogP contribution in [0.15, 0.2) is 41.2 Å². The summed E-state index contributed by atoms with van der Waals surface area (Å²) in [6.07, 6.45) is 1.18. The maximum atomic E-state index is 13.5. The molecule has 4 atom stereocenters. The lowest BCUT2D eigenvalue weighted by Crippen LogP contribution is -2.61. The van der Waals surface area contributed by atoms with E-state index in [9.17, 15) is 28.4 Å². The molecular formula is C24H30N5O6S-. The molecule has 2 aromatic rings. The average molecular weight is 517 g/mol. The third kappa shape index (κ3) is 4.27. The first-order valence-electron chi connectivity index (χ1n) is 12.0. The van der Waals surface area contributed by atoms with E-state index >= 15 is 0 Å². The fraction of sp³-hybridized carbons (Fsp3) is 0.500. The number of pyridine rings is 1. The SMILES string of the molecule is CN(C)S(=O)(=O)CCNC(=O)C1Cc2cc(N([O-])O)ccc2N2CC3CC(Cn4c3cccc4=O)C12. The number of aromatic nitrogens is 1. The van der Waals surface area contributed by atoms with Gasteiger partial charge < -0.3 is 25.2 Å². The number of nitrogens with zero attached hydrogens (tertiary/aromatic N) is 4. The molecule has 11 nitrogen and oxygen atoms in total. The number of hydrogen-bond acceptors (Lipinski definition) is 8. The van der Waals surface area contributed by atoms with Crippen molar-refractivity contribution in [3.63, 3.8) is 0 Å². The molecule has 0 aliphatic carbocycles. The van der Waals surface area contributed by atoms with Gasteiger partial charge in [-0.2, -0.15) is 0 Å². The maximum absolute atomic E-state index is 13.5. The van der Waals surface area contributed by atoms with E-state index < -0.39 is 15.9 Å². The zero-order valence-corrected chi connectivity index (χ0v) is 21.0. The third-order valence-corrected chi connectivity index (χ3v) is 9.60. The fourth-order valence-electron chi connectivity index (χ4n) is 6.07. The van der Waals surface area contributed by atoms with Gasteiger partial charge in [-0.3, -0.25) is 14.8 Å². The van der Waals surface area contributed by atoms with Crippen LogP contribution < -0.4 is 21.0 Å². The lowest BCUT2D eigenvalue weighted by Gasteiger charge is -2.54. The van der Waals surface area contributed by atoms with Crippen LogP contribution in [0, 0.1) is 17.0 Å². The summed E-state index contributed by atoms with van der Waals surface area (Å²) >= 11 is 0. The van der Waals surface area contributed by atoms with Crippen molar-refractivity contribution in [1.29, 1.82) is 0 Å². The van der Waals surface area contributed by atoms with Gasteiger partial charge in [-0.25, -0.2) is 12.7 Å². The van der Waals surface area contributed by atoms with E-state index in [0.29, 0.717) is 19.5 Å². The number of sulfonamides is 1. The highest BCUT2D eigenvalue weighted by Gasteiger charge is 2.49. The summed E-state index contributed by atoms with van der Waals surface area (Å²) in [7, 11) is -0.560. The quantitative estimate of drug-likeness (QED) is 0.536. The highest BCUT2D eigenvalue weighted by Crippen LogP contribution is 2.47. The molecule has 3 aliphatic rings. The minimum Gasteiger partial charge on any atom is -0.733 e. The van der Waals surface area contributed by atoms with Crippen LogP contribution in [0.4, 0.5) is 11.4 Å². The topological polar surface area (TPSA) is 138 Å². The summed E-state index contributed by atoms with van der Waals surface area (Å²) in [6.45, 7) is 1.09. The van der Waals surface area contributed by atoms with Gasteiger partial charge in [0.2, 0.25) is 15.9 Å². The molecule has 36 heavy (non-hydrogen) atoms. The maximum Gasteiger partial charge on any atom is 0.250 e. The predicted octanol–water partition coefficient (Wildman–Crippen LogP) is 0.714. The van der Waals surface area contributed by atoms with E-state index in [0.717, 1.165) is 27.7 Å². The summed E-state index contributed by atoms with van der Waals surface area (Å²) in [5.41, 5.74) is 2.69. The number of fused-ring (bicyclic) bond motifs is 8. The van der Waals surface area contributed by atoms with Crippen LogP contribution in [0.1, 0.15) is 23.6 Å². The second kappa shape index (κ2) is 9.18. The number of piperidine rings is 1. The minimum absolute atomic E-state index is 0.0178. The summed E-state index contributed by atoms with van der Waals surface area (Å²) in [4.78, 5) is 28.3. The molecule has 1 saturated heterocycles. The summed E-state index contributed by atoms with van der Waals surface area (Å²) in [6, 6.07) is 10.1. The Labute approximate surface area is 209 Å². The molecule has 5 rings (SSSR count). The van der Waals surface area contributed by atoms with Crippen LogP contribution in [0.5, 0.6) is 0 Å². The zero-order chi connectivity index (χ0) is 25.8. The third-order valence-electron chi connectivity index (χ3n) is 7.76. The molecule has 0 spiro atoms. The predicted molar refractivity (Wildman–Crippen MR) is 134 cm³/mol. The Kier molecular flexibility index (Phi) is 6.31. The van der Waals surface area contributed by atoms with Crippen molar-refractivity contribution in [1.82, 2.24) is 14.2 Å². The lowest BCUT2D eigenvalue weighted by molar-refractivity contribution is -0.126. The number of anilines is 2. The van der Waals surface area contributed by atoms with E-state index in [1.165, 1.54) is 14.1 Å². The summed E-state index contributed by atoms with van der Waals surface area (Å²) < 4.78 is 27.2. The second-order valence-corrected chi connectivity index (χ2v) is 12.3. The Morgan fingerprint density at radius 1 is 1.22 bits per heavy atom. The Balaban J connectivity index is 1.49. The summed E-state index contributed by atoms with van der Waals surface area (Å²) in [5.74, 6) is -0.831. The number of nitrogens with one attached hydrogen (secondary N) is 1. The van der Waals surface area contributed by atoms with Crippen LogP contribution in [0.2, 0.25) is 0 Å². The van der Waals surface area contributed by atoms with Crippen molar-refractivity contribution in [2.75, 3.05) is 43.1 Å². The molecule has 194 valence electrons. The van der Waals surface area contributed by atoms with Crippen molar-refractivity contribution in [3.8, 4) is 0 Å². The van der Waals surface area contributed by atoms with Gasteiger partial charge in [0.25, 0.3) is 5.56 Å². The number of rotatable bonds is 6. The molecule has 0 radical (unpaired) electrons. The van der Waals surface area contributed by atoms with Crippen LogP contribution in [-0.4, -0.2) is 67.4 Å². The molecule has 1 aromatic heterocycles. The van der Waals surface area contributed by atoms with Gasteiger partial charge in [0, 0.05) is 63.1 Å². The van der Waals surface area contributed by atoms with Crippen LogP contribution in [0.25, 0.3) is 0 Å². The normalized spacial score (nSPS) is 24.5. The molecule has 4 heterocycles. The first-order valence-corrected chi connectivity index (χ1v) is 13.6. The van der Waals surface area contributed by atoms with E-state index in [2.05, 4.69) is 10.2 Å². The van der Waals surface area contributed by atoms with Gasteiger partial charge in [-0.1, -0.05) is 6.07 Å². The first kappa shape index (κ1) is 24.8. The number of carbonyl (C=O) groups is 1. The van der Waals surface area contributed by atoms with Gasteiger partial charge in [-0.15, -0.1) is 0 Å². The first-order chi connectivity index (χ1) is 17.1. The number of benzene rings is 1. The van der Waals surface area contributed by atoms with Gasteiger partial charge in [0.15, 0.2) is 0 Å². The second-order valence-electron chi connectivity index (χ2n) is 10.0. The van der Waals surface area contributed by atoms with E-state index in [1.54, 1.807) is 30.3 Å². The molecule has 1 fully saturated rings. The Hall–Kier alpha value is -2.93. The average Bonchev–Trinajstić information content (AvgIpc) is 2.83. The van der Waals surface area contributed by atoms with Crippen molar-refractivity contribution in [2.45, 2.75) is 31.3 Å². The molecule has 1 aromatic carbocycles. The number of hydrogen-bond donors (Lipinski definition) is 2. The Morgan fingerprint density at radius 2 is 2.00 bits per heavy atom. The fourth-order valence-corrected chi connectivity index (χ4v) is 6.80. The van der Waals surface area contributed by atoms with Crippen LogP contribution >= 0.6 is 0 Å². The van der Waals surface area contributed by atoms with Gasteiger partial charge >= 0.3 is 0 Å². The largest absolute Gasteiger partial charge is 0.733 e. The molecule has 1 amide bonds. The highest BCUT2D eigenvalue weighted by molar-refractivity contribution is 7.89. The van der Waals surface area contributed by atoms with Crippen molar-refractivity contribution in [3.05, 3.63) is 63.2 Å². The number of amides is 1. The van der Waals surface area contributed by atoms with Crippen molar-refractivity contribution in [2.24, 2.45) is 11.8 Å². The Bertz CT molecular complexity index is 1340. The molecule has 2 bridgehead atoms. The van der Waals surface area contributed by atoms with Gasteiger partial charge in [0.1, 0.15) is 0 Å². The van der Waals surface area contributed by atoms with Crippen LogP contribution in [0.3, 0.4) is 0 Å². The minimum atomic E-state index is -3.46. The zero-order valence-electron chi connectivity index (χ0n) is 20.2. The van der Waals surface area contributed by atoms with Crippen LogP contribution in [-0.2, 0) is 27.8 Å². The van der Waals surface area contributed by atoms with Crippen molar-refractivity contribution < 1.29 is 18.4 Å². The standard InChI is InChI=1S/C24H30N5O6S/c1-26(2)36(34,35)9-8-25-24(31)19-12-15-11-18(29(32)33)6-7-21(15)28-13-16-10-17(23(19)28)14-27-20(16)4-3-5-22(27)30/h3-7,11,16-17,19,23,32H,8-10,12-14H2,1-2H3,(H,25,31)/q-1. The van der Waals surface area contributed by atoms with Gasteiger partial charge in [-0.05, 0) is 48.6 Å². The number of carbonyl (C=O) groups excluding carboxylic acids is 1. The monoisotopic (exact) mass is 516 g/mol. The summed E-state index contributed by atoms with van der Waals surface area (Å²) in [5, 5.41) is 23.6. The smallest absolute Gasteiger partial charge is 0.250 e. The van der Waals surface area contributed by atoms with E-state index in [4.69, 9.17) is 0 Å². The lowest BCUT2D eigenvalue weighted by atomic mass is 9.70. The molecule has 3 aliphatic heterocycles. The molecule has 4 unspecified atom stereocenters. The highest BCUT2D eigenvalue weighted by atomic mass is 32.2. The molecular weight excluding hydrogens is 486 g/mol. The molecule has 12 heteroatoms.